The quantitative estimate of drug-likeness (QED) is 0.679. The molecule has 21 heavy (non-hydrogen) atoms. The summed E-state index contributed by atoms with van der Waals surface area (Å²) in [7, 11) is 1.50. The fraction of sp³-hybridized carbons (Fsp3) is 0.0588. The summed E-state index contributed by atoms with van der Waals surface area (Å²) in [5.74, 6) is -0.574. The van der Waals surface area contributed by atoms with Gasteiger partial charge in [-0.15, -0.1) is 0 Å². The molecule has 0 bridgehead atoms. The fourth-order valence-corrected chi connectivity index (χ4v) is 2.30. The van der Waals surface area contributed by atoms with Crippen molar-refractivity contribution < 1.29 is 9.59 Å². The molecule has 2 amide bonds. The molecule has 0 radical (unpaired) electrons. The van der Waals surface area contributed by atoms with E-state index in [4.69, 9.17) is 0 Å². The van der Waals surface area contributed by atoms with E-state index < -0.39 is 0 Å². The van der Waals surface area contributed by atoms with Crippen LogP contribution in [0.15, 0.2) is 60.8 Å². The van der Waals surface area contributed by atoms with E-state index in [2.05, 4.69) is 5.32 Å². The Hall–Kier alpha value is -2.88. The lowest BCUT2D eigenvalue weighted by atomic mass is 9.94. The normalized spacial score (nSPS) is 16.0. The number of hydrogen-bond donors (Lipinski definition) is 1. The van der Waals surface area contributed by atoms with E-state index in [9.17, 15) is 9.59 Å². The Morgan fingerprint density at radius 2 is 1.48 bits per heavy atom. The highest BCUT2D eigenvalue weighted by Crippen LogP contribution is 2.27. The number of amides is 2. The van der Waals surface area contributed by atoms with Gasteiger partial charge >= 0.3 is 0 Å². The highest BCUT2D eigenvalue weighted by atomic mass is 16.2. The number of carbonyl (C=O) groups excluding carboxylic acids is 2. The molecule has 1 aliphatic heterocycles. The van der Waals surface area contributed by atoms with Crippen LogP contribution >= 0.6 is 0 Å². The van der Waals surface area contributed by atoms with Crippen molar-refractivity contribution in [1.29, 1.82) is 0 Å². The third kappa shape index (κ3) is 2.31. The van der Waals surface area contributed by atoms with E-state index in [0.717, 1.165) is 10.6 Å². The summed E-state index contributed by atoms with van der Waals surface area (Å²) in [5, 5.41) is 3.10. The number of anilines is 1. The number of nitrogens with one attached hydrogen (secondary N) is 1. The number of imide groups is 1. The molecule has 0 fully saturated rings. The average molecular weight is 278 g/mol. The van der Waals surface area contributed by atoms with E-state index in [1.54, 1.807) is 24.4 Å². The first-order valence-electron chi connectivity index (χ1n) is 6.62. The number of rotatable bonds is 2. The van der Waals surface area contributed by atoms with E-state index in [1.165, 1.54) is 7.05 Å². The molecule has 3 rings (SSSR count). The topological polar surface area (TPSA) is 49.4 Å². The van der Waals surface area contributed by atoms with Gasteiger partial charge in [0.15, 0.2) is 0 Å². The molecule has 0 saturated heterocycles. The van der Waals surface area contributed by atoms with Crippen molar-refractivity contribution in [1.82, 2.24) is 4.90 Å². The molecule has 0 aromatic heterocycles. The first-order valence-corrected chi connectivity index (χ1v) is 6.62. The van der Waals surface area contributed by atoms with Crippen LogP contribution in [0.2, 0.25) is 0 Å². The molecular weight excluding hydrogens is 264 g/mol. The summed E-state index contributed by atoms with van der Waals surface area (Å²) in [6.07, 6.45) is 1.65. The summed E-state index contributed by atoms with van der Waals surface area (Å²) in [4.78, 5) is 25.6. The van der Waals surface area contributed by atoms with E-state index in [-0.39, 0.29) is 11.8 Å². The Bertz CT molecular complexity index is 735. The van der Waals surface area contributed by atoms with Crippen LogP contribution in [0.1, 0.15) is 15.9 Å². The van der Waals surface area contributed by atoms with Crippen molar-refractivity contribution in [3.63, 3.8) is 0 Å². The van der Waals surface area contributed by atoms with Crippen LogP contribution in [0.3, 0.4) is 0 Å². The maximum absolute atomic E-state index is 12.3. The molecule has 0 atom stereocenters. The lowest BCUT2D eigenvalue weighted by molar-refractivity contribution is -0.121. The molecule has 0 spiro atoms. The van der Waals surface area contributed by atoms with Gasteiger partial charge < -0.3 is 5.32 Å². The van der Waals surface area contributed by atoms with E-state index in [1.807, 2.05) is 36.4 Å². The largest absolute Gasteiger partial charge is 0.361 e. The van der Waals surface area contributed by atoms with Crippen molar-refractivity contribution in [2.45, 2.75) is 0 Å². The number of hydrogen-bond acceptors (Lipinski definition) is 3. The fourth-order valence-electron chi connectivity index (χ4n) is 2.30. The highest BCUT2D eigenvalue weighted by molar-refractivity contribution is 6.30. The minimum atomic E-state index is -0.304. The van der Waals surface area contributed by atoms with E-state index >= 15 is 0 Å². The zero-order valence-corrected chi connectivity index (χ0v) is 11.5. The summed E-state index contributed by atoms with van der Waals surface area (Å²) < 4.78 is 0. The predicted octanol–water partition coefficient (Wildman–Crippen LogP) is 2.75. The molecule has 1 N–H and O–H groups in total. The molecule has 0 aliphatic carbocycles. The van der Waals surface area contributed by atoms with Gasteiger partial charge in [0.1, 0.15) is 0 Å². The lowest BCUT2D eigenvalue weighted by Gasteiger charge is -2.25. The molecule has 4 heteroatoms. The van der Waals surface area contributed by atoms with Crippen LogP contribution in [0.25, 0.3) is 5.57 Å². The van der Waals surface area contributed by atoms with Gasteiger partial charge in [0.05, 0.1) is 5.57 Å². The molecule has 0 saturated carbocycles. The number of fused-ring (bicyclic) bond motifs is 1. The van der Waals surface area contributed by atoms with Gasteiger partial charge in [-0.25, -0.2) is 0 Å². The van der Waals surface area contributed by atoms with Crippen molar-refractivity contribution in [3.05, 3.63) is 71.9 Å². The molecular formula is C17H14N2O2. The van der Waals surface area contributed by atoms with Crippen LogP contribution in [0.5, 0.6) is 0 Å². The van der Waals surface area contributed by atoms with Crippen molar-refractivity contribution in [2.75, 3.05) is 12.4 Å². The SMILES string of the molecule is CN1C(=O)/C(=C\Nc2ccccc2)c2ccccc2C1=O. The zero-order chi connectivity index (χ0) is 14.8. The smallest absolute Gasteiger partial charge is 0.262 e. The van der Waals surface area contributed by atoms with Gasteiger partial charge in [-0.2, -0.15) is 0 Å². The highest BCUT2D eigenvalue weighted by Gasteiger charge is 2.31. The Labute approximate surface area is 122 Å². The van der Waals surface area contributed by atoms with Gasteiger partial charge in [-0.1, -0.05) is 36.4 Å². The minimum Gasteiger partial charge on any atom is -0.361 e. The zero-order valence-electron chi connectivity index (χ0n) is 11.5. The minimum absolute atomic E-state index is 0.271. The first kappa shape index (κ1) is 13.1. The molecule has 0 unspecified atom stereocenters. The van der Waals surface area contributed by atoms with Gasteiger partial charge in [-0.05, 0) is 18.2 Å². The predicted molar refractivity (Wildman–Crippen MR) is 81.6 cm³/mol. The molecule has 2 aromatic carbocycles. The van der Waals surface area contributed by atoms with Gasteiger partial charge in [0.25, 0.3) is 11.8 Å². The summed E-state index contributed by atoms with van der Waals surface area (Å²) in [5.41, 5.74) is 2.57. The van der Waals surface area contributed by atoms with Crippen molar-refractivity contribution >= 4 is 23.1 Å². The lowest BCUT2D eigenvalue weighted by Crippen LogP contribution is -2.38. The number of carbonyl (C=O) groups is 2. The second-order valence-electron chi connectivity index (χ2n) is 4.78. The van der Waals surface area contributed by atoms with Gasteiger partial charge in [-0.3, -0.25) is 14.5 Å². The number of benzene rings is 2. The Balaban J connectivity index is 2.03. The van der Waals surface area contributed by atoms with Gasteiger partial charge in [0.2, 0.25) is 0 Å². The maximum atomic E-state index is 12.3. The second-order valence-corrected chi connectivity index (χ2v) is 4.78. The van der Waals surface area contributed by atoms with Crippen LogP contribution in [0, 0.1) is 0 Å². The Morgan fingerprint density at radius 1 is 0.857 bits per heavy atom. The standard InChI is InChI=1S/C17H14N2O2/c1-19-16(20)14-10-6-5-9-13(14)15(17(19)21)11-18-12-7-3-2-4-8-12/h2-11,18H,1H3/b15-11-. The third-order valence-electron chi connectivity index (χ3n) is 3.44. The van der Waals surface area contributed by atoms with Gasteiger partial charge in [0, 0.05) is 30.1 Å². The maximum Gasteiger partial charge on any atom is 0.262 e. The molecule has 104 valence electrons. The van der Waals surface area contributed by atoms with E-state index in [0.29, 0.717) is 16.7 Å². The van der Waals surface area contributed by atoms with Crippen LogP contribution in [-0.4, -0.2) is 23.8 Å². The molecule has 2 aromatic rings. The average Bonchev–Trinajstić information content (AvgIpc) is 2.54. The monoisotopic (exact) mass is 278 g/mol. The summed E-state index contributed by atoms with van der Waals surface area (Å²) in [6.45, 7) is 0. The van der Waals surface area contributed by atoms with Crippen LogP contribution in [-0.2, 0) is 4.79 Å². The number of para-hydroxylation sites is 1. The number of nitrogens with zero attached hydrogens (tertiary/aromatic N) is 1. The molecule has 1 heterocycles. The summed E-state index contributed by atoms with van der Waals surface area (Å²) in [6, 6.07) is 16.7. The first-order chi connectivity index (χ1) is 10.2. The van der Waals surface area contributed by atoms with Crippen molar-refractivity contribution in [2.24, 2.45) is 0 Å². The Morgan fingerprint density at radius 3 is 2.19 bits per heavy atom. The van der Waals surface area contributed by atoms with Crippen molar-refractivity contribution in [3.8, 4) is 0 Å². The Kier molecular flexibility index (Phi) is 3.28. The van der Waals surface area contributed by atoms with Crippen LogP contribution in [0.4, 0.5) is 5.69 Å². The third-order valence-corrected chi connectivity index (χ3v) is 3.44. The molecule has 4 nitrogen and oxygen atoms in total. The molecule has 1 aliphatic rings. The number of likely N-dealkylation sites (N-methyl/N-ethyl adjacent to an activating group) is 1. The van der Waals surface area contributed by atoms with Crippen LogP contribution < -0.4 is 5.32 Å². The summed E-state index contributed by atoms with van der Waals surface area (Å²) >= 11 is 0. The second kappa shape index (κ2) is 5.25.